The summed E-state index contributed by atoms with van der Waals surface area (Å²) in [6.45, 7) is 1.86. The Bertz CT molecular complexity index is 247. The van der Waals surface area contributed by atoms with Crippen molar-refractivity contribution in [3.05, 3.63) is 0 Å². The quantitative estimate of drug-likeness (QED) is 0.602. The van der Waals surface area contributed by atoms with Crippen molar-refractivity contribution in [1.82, 2.24) is 0 Å². The van der Waals surface area contributed by atoms with Gasteiger partial charge in [0.05, 0.1) is 6.61 Å². The van der Waals surface area contributed by atoms with Crippen molar-refractivity contribution in [3.63, 3.8) is 0 Å². The zero-order chi connectivity index (χ0) is 9.42. The third-order valence-electron chi connectivity index (χ3n) is 3.20. The molecule has 0 radical (unpaired) electrons. The highest BCUT2D eigenvalue weighted by Crippen LogP contribution is 2.46. The minimum absolute atomic E-state index is 0.198. The number of hydrogen-bond donors (Lipinski definition) is 0. The van der Waals surface area contributed by atoms with Crippen molar-refractivity contribution in [2.24, 2.45) is 17.8 Å². The Morgan fingerprint density at radius 3 is 2.85 bits per heavy atom. The summed E-state index contributed by atoms with van der Waals surface area (Å²) in [6.07, 6.45) is 2.87. The molecule has 3 heteroatoms. The minimum atomic E-state index is -0.241. The van der Waals surface area contributed by atoms with E-state index in [1.165, 1.54) is 6.92 Å². The Balaban J connectivity index is 1.89. The molecule has 0 unspecified atom stereocenters. The molecule has 3 nitrogen and oxygen atoms in total. The first-order valence-electron chi connectivity index (χ1n) is 4.83. The number of Topliss-reactive ketones (excluding diaryl/α,β-unsaturated/α-hetero) is 1. The number of hydrogen-bond acceptors (Lipinski definition) is 3. The number of fused-ring (bicyclic) bond motifs is 2. The summed E-state index contributed by atoms with van der Waals surface area (Å²) in [7, 11) is 0. The molecule has 2 aliphatic carbocycles. The van der Waals surface area contributed by atoms with Gasteiger partial charge in [-0.1, -0.05) is 0 Å². The molecule has 0 heterocycles. The Morgan fingerprint density at radius 1 is 1.54 bits per heavy atom. The number of rotatable bonds is 2. The van der Waals surface area contributed by atoms with Crippen LogP contribution in [-0.4, -0.2) is 18.4 Å². The first-order valence-corrected chi connectivity index (χ1v) is 4.83. The van der Waals surface area contributed by atoms with Gasteiger partial charge in [0, 0.05) is 25.2 Å². The van der Waals surface area contributed by atoms with Gasteiger partial charge in [-0.3, -0.25) is 9.59 Å². The molecule has 2 bridgehead atoms. The second kappa shape index (κ2) is 3.13. The molecule has 0 spiro atoms. The lowest BCUT2D eigenvalue weighted by Gasteiger charge is -2.19. The SMILES string of the molecule is CC(=O)OC[C@H]1C[C@@H]2CC(=O)[C@H]1C2. The molecule has 0 amide bonds. The standard InChI is InChI=1S/C10H14O3/c1-6(11)13-5-8-2-7-3-9(8)10(12)4-7/h7-9H,2-5H2,1H3/t7-,8+,9-/m0/s1. The van der Waals surface area contributed by atoms with E-state index in [4.69, 9.17) is 4.74 Å². The van der Waals surface area contributed by atoms with Gasteiger partial charge >= 0.3 is 5.97 Å². The highest BCUT2D eigenvalue weighted by molar-refractivity contribution is 5.84. The van der Waals surface area contributed by atoms with E-state index in [1.807, 2.05) is 0 Å². The van der Waals surface area contributed by atoms with E-state index in [9.17, 15) is 9.59 Å². The average Bonchev–Trinajstić information content (AvgIpc) is 2.58. The topological polar surface area (TPSA) is 43.4 Å². The van der Waals surface area contributed by atoms with Crippen LogP contribution in [0.4, 0.5) is 0 Å². The summed E-state index contributed by atoms with van der Waals surface area (Å²) in [5, 5.41) is 0. The molecular weight excluding hydrogens is 168 g/mol. The molecule has 2 saturated carbocycles. The van der Waals surface area contributed by atoms with Gasteiger partial charge in [-0.25, -0.2) is 0 Å². The second-order valence-corrected chi connectivity index (χ2v) is 4.18. The summed E-state index contributed by atoms with van der Waals surface area (Å²) < 4.78 is 4.94. The van der Waals surface area contributed by atoms with E-state index in [2.05, 4.69) is 0 Å². The van der Waals surface area contributed by atoms with Crippen molar-refractivity contribution in [2.75, 3.05) is 6.61 Å². The second-order valence-electron chi connectivity index (χ2n) is 4.18. The summed E-state index contributed by atoms with van der Waals surface area (Å²) in [5.41, 5.74) is 0. The molecule has 0 N–H and O–H groups in total. The number of ketones is 1. The van der Waals surface area contributed by atoms with Crippen LogP contribution in [0.5, 0.6) is 0 Å². The fraction of sp³-hybridized carbons (Fsp3) is 0.800. The van der Waals surface area contributed by atoms with Crippen LogP contribution in [0, 0.1) is 17.8 Å². The molecule has 2 aliphatic rings. The molecule has 72 valence electrons. The van der Waals surface area contributed by atoms with Gasteiger partial charge in [0.2, 0.25) is 0 Å². The van der Waals surface area contributed by atoms with Gasteiger partial charge in [0.15, 0.2) is 0 Å². The van der Waals surface area contributed by atoms with Gasteiger partial charge in [0.1, 0.15) is 5.78 Å². The van der Waals surface area contributed by atoms with E-state index in [-0.39, 0.29) is 11.9 Å². The van der Waals surface area contributed by atoms with Crippen LogP contribution >= 0.6 is 0 Å². The Labute approximate surface area is 77.4 Å². The first-order chi connectivity index (χ1) is 6.16. The van der Waals surface area contributed by atoms with Crippen LogP contribution in [0.1, 0.15) is 26.2 Å². The third kappa shape index (κ3) is 1.60. The molecule has 0 aliphatic heterocycles. The predicted molar refractivity (Wildman–Crippen MR) is 46.0 cm³/mol. The van der Waals surface area contributed by atoms with Gasteiger partial charge in [-0.15, -0.1) is 0 Å². The van der Waals surface area contributed by atoms with E-state index >= 15 is 0 Å². The highest BCUT2D eigenvalue weighted by atomic mass is 16.5. The fourth-order valence-electron chi connectivity index (χ4n) is 2.65. The van der Waals surface area contributed by atoms with Gasteiger partial charge in [-0.2, -0.15) is 0 Å². The van der Waals surface area contributed by atoms with E-state index in [0.717, 1.165) is 19.3 Å². The number of carbonyl (C=O) groups is 2. The monoisotopic (exact) mass is 182 g/mol. The van der Waals surface area contributed by atoms with Crippen molar-refractivity contribution in [1.29, 1.82) is 0 Å². The predicted octanol–water partition coefficient (Wildman–Crippen LogP) is 1.16. The number of carbonyl (C=O) groups excluding carboxylic acids is 2. The van der Waals surface area contributed by atoms with E-state index in [1.54, 1.807) is 0 Å². The van der Waals surface area contributed by atoms with Crippen LogP contribution < -0.4 is 0 Å². The smallest absolute Gasteiger partial charge is 0.302 e. The Hall–Kier alpha value is -0.860. The third-order valence-corrected chi connectivity index (χ3v) is 3.20. The molecule has 2 fully saturated rings. The lowest BCUT2D eigenvalue weighted by molar-refractivity contribution is -0.144. The molecule has 3 atom stereocenters. The lowest BCUT2D eigenvalue weighted by atomic mass is 9.88. The zero-order valence-electron chi connectivity index (χ0n) is 7.79. The molecule has 13 heavy (non-hydrogen) atoms. The zero-order valence-corrected chi connectivity index (χ0v) is 7.79. The fourth-order valence-corrected chi connectivity index (χ4v) is 2.65. The average molecular weight is 182 g/mol. The maximum absolute atomic E-state index is 11.4. The molecule has 0 aromatic rings. The van der Waals surface area contributed by atoms with E-state index in [0.29, 0.717) is 24.2 Å². The largest absolute Gasteiger partial charge is 0.466 e. The van der Waals surface area contributed by atoms with Crippen molar-refractivity contribution in [3.8, 4) is 0 Å². The van der Waals surface area contributed by atoms with Crippen LogP contribution in [-0.2, 0) is 14.3 Å². The molecular formula is C10H14O3. The van der Waals surface area contributed by atoms with Gasteiger partial charge in [-0.05, 0) is 18.8 Å². The molecule has 2 rings (SSSR count). The Morgan fingerprint density at radius 2 is 2.31 bits per heavy atom. The molecule has 0 aromatic carbocycles. The summed E-state index contributed by atoms with van der Waals surface area (Å²) in [4.78, 5) is 21.9. The Kier molecular flexibility index (Phi) is 2.10. The normalized spacial score (nSPS) is 36.7. The number of ether oxygens (including phenoxy) is 1. The van der Waals surface area contributed by atoms with E-state index < -0.39 is 0 Å². The van der Waals surface area contributed by atoms with Crippen LogP contribution in [0.3, 0.4) is 0 Å². The first kappa shape index (κ1) is 8.73. The molecule has 0 saturated heterocycles. The van der Waals surface area contributed by atoms with Crippen LogP contribution in [0.25, 0.3) is 0 Å². The van der Waals surface area contributed by atoms with Crippen LogP contribution in [0.2, 0.25) is 0 Å². The van der Waals surface area contributed by atoms with Crippen LogP contribution in [0.15, 0.2) is 0 Å². The lowest BCUT2D eigenvalue weighted by Crippen LogP contribution is -2.24. The summed E-state index contributed by atoms with van der Waals surface area (Å²) >= 11 is 0. The minimum Gasteiger partial charge on any atom is -0.466 e. The maximum Gasteiger partial charge on any atom is 0.302 e. The van der Waals surface area contributed by atoms with Crippen molar-refractivity contribution < 1.29 is 14.3 Å². The van der Waals surface area contributed by atoms with Gasteiger partial charge < -0.3 is 4.74 Å². The van der Waals surface area contributed by atoms with Gasteiger partial charge in [0.25, 0.3) is 0 Å². The van der Waals surface area contributed by atoms with Crippen molar-refractivity contribution >= 4 is 11.8 Å². The summed E-state index contributed by atoms with van der Waals surface area (Å²) in [6, 6.07) is 0. The summed E-state index contributed by atoms with van der Waals surface area (Å²) in [5.74, 6) is 1.24. The van der Waals surface area contributed by atoms with Crippen molar-refractivity contribution in [2.45, 2.75) is 26.2 Å². The maximum atomic E-state index is 11.4. The molecule has 0 aromatic heterocycles. The highest BCUT2D eigenvalue weighted by Gasteiger charge is 2.45. The number of esters is 1.